The zero-order valence-corrected chi connectivity index (χ0v) is 20.7. The van der Waals surface area contributed by atoms with Crippen LogP contribution in [0.2, 0.25) is 0 Å². The average molecular weight is 534 g/mol. The molecule has 0 spiro atoms. The Morgan fingerprint density at radius 1 is 1.19 bits per heavy atom. The number of hydrogen-bond acceptors (Lipinski definition) is 3. The van der Waals surface area contributed by atoms with Crippen molar-refractivity contribution < 1.29 is 9.53 Å². The fraction of sp³-hybridized carbons (Fsp3) is 0.417. The van der Waals surface area contributed by atoms with Crippen molar-refractivity contribution >= 4 is 41.5 Å². The van der Waals surface area contributed by atoms with Gasteiger partial charge < -0.3 is 20.3 Å². The van der Waals surface area contributed by atoms with Gasteiger partial charge in [0.1, 0.15) is 11.4 Å². The molecule has 0 aliphatic carbocycles. The summed E-state index contributed by atoms with van der Waals surface area (Å²) in [6.07, 6.45) is 2.82. The van der Waals surface area contributed by atoms with Crippen LogP contribution in [0, 0.1) is 0 Å². The highest BCUT2D eigenvalue weighted by molar-refractivity contribution is 14.0. The van der Waals surface area contributed by atoms with Crippen LogP contribution in [0.4, 0.5) is 5.69 Å². The Morgan fingerprint density at radius 3 is 2.74 bits per heavy atom. The fourth-order valence-electron chi connectivity index (χ4n) is 4.34. The van der Waals surface area contributed by atoms with E-state index in [1.807, 2.05) is 41.3 Å². The molecule has 0 saturated carbocycles. The summed E-state index contributed by atoms with van der Waals surface area (Å²) < 4.78 is 6.11. The van der Waals surface area contributed by atoms with E-state index in [-0.39, 0.29) is 48.1 Å². The number of fused-ring (bicyclic) bond motifs is 2. The van der Waals surface area contributed by atoms with Crippen molar-refractivity contribution in [1.82, 2.24) is 10.6 Å². The maximum Gasteiger partial charge on any atom is 0.246 e. The minimum absolute atomic E-state index is 0. The lowest BCUT2D eigenvalue weighted by Crippen LogP contribution is -2.48. The summed E-state index contributed by atoms with van der Waals surface area (Å²) in [6, 6.07) is 16.3. The molecule has 0 bridgehead atoms. The number of nitrogens with one attached hydrogen (secondary N) is 2. The summed E-state index contributed by atoms with van der Waals surface area (Å²) in [5.41, 5.74) is 3.09. The summed E-state index contributed by atoms with van der Waals surface area (Å²) in [4.78, 5) is 19.2. The minimum Gasteiger partial charge on any atom is -0.487 e. The Morgan fingerprint density at radius 2 is 1.94 bits per heavy atom. The van der Waals surface area contributed by atoms with Crippen molar-refractivity contribution in [2.75, 3.05) is 25.0 Å². The Balaban J connectivity index is 0.00000272. The highest BCUT2D eigenvalue weighted by Gasteiger charge is 2.34. The summed E-state index contributed by atoms with van der Waals surface area (Å²) >= 11 is 0. The second-order valence-corrected chi connectivity index (χ2v) is 8.50. The number of benzene rings is 2. The van der Waals surface area contributed by atoms with Gasteiger partial charge in [0.25, 0.3) is 0 Å². The first-order chi connectivity index (χ1) is 14.5. The van der Waals surface area contributed by atoms with E-state index in [9.17, 15) is 4.79 Å². The van der Waals surface area contributed by atoms with Gasteiger partial charge in [0.2, 0.25) is 5.91 Å². The van der Waals surface area contributed by atoms with Gasteiger partial charge in [-0.2, -0.15) is 0 Å². The fourth-order valence-corrected chi connectivity index (χ4v) is 4.34. The van der Waals surface area contributed by atoms with Gasteiger partial charge in [0, 0.05) is 31.3 Å². The van der Waals surface area contributed by atoms with Crippen LogP contribution in [0.3, 0.4) is 0 Å². The smallest absolute Gasteiger partial charge is 0.246 e. The van der Waals surface area contributed by atoms with E-state index in [1.54, 1.807) is 7.05 Å². The van der Waals surface area contributed by atoms with Crippen LogP contribution >= 0.6 is 24.0 Å². The van der Waals surface area contributed by atoms with E-state index in [4.69, 9.17) is 4.74 Å². The number of ether oxygens (including phenoxy) is 1. The lowest BCUT2D eigenvalue weighted by molar-refractivity contribution is -0.117. The van der Waals surface area contributed by atoms with Crippen molar-refractivity contribution in [3.63, 3.8) is 0 Å². The van der Waals surface area contributed by atoms with Crippen molar-refractivity contribution in [1.29, 1.82) is 0 Å². The van der Waals surface area contributed by atoms with Crippen LogP contribution in [0.5, 0.6) is 5.75 Å². The number of aliphatic imine (C=N–C) groups is 1. The third-order valence-corrected chi connectivity index (χ3v) is 5.73. The zero-order valence-electron chi connectivity index (χ0n) is 18.4. The molecule has 0 fully saturated rings. The Hall–Kier alpha value is -2.29. The molecule has 2 aromatic carbocycles. The molecule has 2 aromatic rings. The molecule has 2 aliphatic rings. The number of guanidine groups is 1. The van der Waals surface area contributed by atoms with Crippen molar-refractivity contribution in [2.24, 2.45) is 4.99 Å². The van der Waals surface area contributed by atoms with Crippen LogP contribution in [0.1, 0.15) is 43.9 Å². The van der Waals surface area contributed by atoms with E-state index in [0.29, 0.717) is 5.96 Å². The maximum absolute atomic E-state index is 12.9. The molecule has 1 unspecified atom stereocenters. The first-order valence-corrected chi connectivity index (χ1v) is 10.6. The van der Waals surface area contributed by atoms with Gasteiger partial charge in [0.05, 0.1) is 12.6 Å². The van der Waals surface area contributed by atoms with Gasteiger partial charge in [-0.15, -0.1) is 24.0 Å². The maximum atomic E-state index is 12.9. The number of anilines is 1. The molecule has 2 heterocycles. The predicted molar refractivity (Wildman–Crippen MR) is 136 cm³/mol. The second-order valence-electron chi connectivity index (χ2n) is 8.50. The molecule has 0 aromatic heterocycles. The SMILES string of the molecule is CN=C(NCC(=O)N1CCCc2ccccc21)NC1CC(C)(C)Oc2ccccc21.I. The van der Waals surface area contributed by atoms with E-state index >= 15 is 0 Å². The van der Waals surface area contributed by atoms with Crippen molar-refractivity contribution in [3.8, 4) is 5.75 Å². The summed E-state index contributed by atoms with van der Waals surface area (Å²) in [7, 11) is 1.73. The summed E-state index contributed by atoms with van der Waals surface area (Å²) in [6.45, 7) is 5.13. The third kappa shape index (κ3) is 5.31. The molecule has 1 atom stereocenters. The number of amides is 1. The Kier molecular flexibility index (Phi) is 7.46. The molecule has 1 amide bonds. The zero-order chi connectivity index (χ0) is 21.1. The van der Waals surface area contributed by atoms with E-state index < -0.39 is 0 Å². The van der Waals surface area contributed by atoms with Gasteiger partial charge in [-0.3, -0.25) is 9.79 Å². The lowest BCUT2D eigenvalue weighted by atomic mass is 9.90. The number of carbonyl (C=O) groups is 1. The molecule has 7 heteroatoms. The highest BCUT2D eigenvalue weighted by Crippen LogP contribution is 2.39. The van der Waals surface area contributed by atoms with Gasteiger partial charge in [0.15, 0.2) is 5.96 Å². The van der Waals surface area contributed by atoms with Gasteiger partial charge in [-0.05, 0) is 44.4 Å². The first kappa shape index (κ1) is 23.4. The minimum atomic E-state index is -0.280. The molecule has 31 heavy (non-hydrogen) atoms. The summed E-state index contributed by atoms with van der Waals surface area (Å²) in [5, 5.41) is 6.69. The number of hydrogen-bond donors (Lipinski definition) is 2. The normalized spacial score (nSPS) is 19.3. The molecule has 2 aliphatic heterocycles. The van der Waals surface area contributed by atoms with Crippen molar-refractivity contribution in [2.45, 2.75) is 44.8 Å². The molecular formula is C24H31IN4O2. The molecule has 166 valence electrons. The highest BCUT2D eigenvalue weighted by atomic mass is 127. The van der Waals surface area contributed by atoms with Crippen LogP contribution < -0.4 is 20.3 Å². The van der Waals surface area contributed by atoms with Crippen LogP contribution in [0.25, 0.3) is 0 Å². The van der Waals surface area contributed by atoms with Crippen LogP contribution in [-0.2, 0) is 11.2 Å². The van der Waals surface area contributed by atoms with Crippen LogP contribution in [0.15, 0.2) is 53.5 Å². The number of rotatable bonds is 3. The standard InChI is InChI=1S/C24H30N4O2.HI/c1-24(2)15-19(18-11-5-7-13-21(18)30-24)27-23(25-3)26-16-22(29)28-14-8-10-17-9-4-6-12-20(17)28;/h4-7,9,11-13,19H,8,10,14-16H2,1-3H3,(H2,25,26,27);1H. The molecule has 2 N–H and O–H groups in total. The number of aryl methyl sites for hydroxylation is 1. The molecule has 0 saturated heterocycles. The lowest BCUT2D eigenvalue weighted by Gasteiger charge is -2.38. The first-order valence-electron chi connectivity index (χ1n) is 10.6. The largest absolute Gasteiger partial charge is 0.487 e. The van der Waals surface area contributed by atoms with E-state index in [0.717, 1.165) is 42.8 Å². The number of carbonyl (C=O) groups excluding carboxylic acids is 1. The molecule has 0 radical (unpaired) electrons. The quantitative estimate of drug-likeness (QED) is 0.355. The second kappa shape index (κ2) is 9.89. The third-order valence-electron chi connectivity index (χ3n) is 5.73. The Labute approximate surface area is 201 Å². The monoisotopic (exact) mass is 534 g/mol. The average Bonchev–Trinajstić information content (AvgIpc) is 2.75. The van der Waals surface area contributed by atoms with E-state index in [2.05, 4.69) is 41.6 Å². The number of para-hydroxylation sites is 2. The van der Waals surface area contributed by atoms with Gasteiger partial charge in [-0.1, -0.05) is 36.4 Å². The predicted octanol–water partition coefficient (Wildman–Crippen LogP) is 4.05. The number of nitrogens with zero attached hydrogens (tertiary/aromatic N) is 2. The molecular weight excluding hydrogens is 503 g/mol. The van der Waals surface area contributed by atoms with E-state index in [1.165, 1.54) is 5.56 Å². The van der Waals surface area contributed by atoms with Crippen molar-refractivity contribution in [3.05, 3.63) is 59.7 Å². The molecule has 6 nitrogen and oxygen atoms in total. The van der Waals surface area contributed by atoms with Crippen LogP contribution in [-0.4, -0.2) is 37.6 Å². The van der Waals surface area contributed by atoms with Gasteiger partial charge in [-0.25, -0.2) is 0 Å². The topological polar surface area (TPSA) is 66.0 Å². The van der Waals surface area contributed by atoms with Gasteiger partial charge >= 0.3 is 0 Å². The molecule has 4 rings (SSSR count). The number of halogens is 1. The Bertz CT molecular complexity index is 960. The summed E-state index contributed by atoms with van der Waals surface area (Å²) in [5.74, 6) is 1.56.